The van der Waals surface area contributed by atoms with Gasteiger partial charge in [0.2, 0.25) is 5.91 Å². The maximum atomic E-state index is 15.0. The van der Waals surface area contributed by atoms with E-state index in [1.165, 1.54) is 6.07 Å². The monoisotopic (exact) mass is 521 g/mol. The molecular weight excluding hydrogens is 493 g/mol. The molecule has 3 fully saturated rings. The molecule has 6 rings (SSSR count). The van der Waals surface area contributed by atoms with Crippen LogP contribution in [0.25, 0.3) is 11.7 Å². The van der Waals surface area contributed by atoms with Gasteiger partial charge in [0.25, 0.3) is 5.91 Å². The van der Waals surface area contributed by atoms with Gasteiger partial charge in [-0.3, -0.25) is 19.8 Å². The summed E-state index contributed by atoms with van der Waals surface area (Å²) in [7, 11) is 0. The van der Waals surface area contributed by atoms with Gasteiger partial charge in [0.05, 0.1) is 31.5 Å². The first-order valence-corrected chi connectivity index (χ1v) is 12.7. The van der Waals surface area contributed by atoms with Gasteiger partial charge in [-0.1, -0.05) is 0 Å². The van der Waals surface area contributed by atoms with Gasteiger partial charge in [0, 0.05) is 48.9 Å². The fourth-order valence-corrected chi connectivity index (χ4v) is 4.44. The van der Waals surface area contributed by atoms with Crippen molar-refractivity contribution in [1.29, 1.82) is 0 Å². The number of nitrogens with one attached hydrogen (secondary N) is 3. The molecular formula is C26H28FN7O4. The molecule has 0 radical (unpaired) electrons. The van der Waals surface area contributed by atoms with Crippen molar-refractivity contribution >= 4 is 40.9 Å². The molecule has 2 saturated heterocycles. The highest BCUT2D eigenvalue weighted by Crippen LogP contribution is 2.30. The molecule has 3 aliphatic rings. The van der Waals surface area contributed by atoms with Crippen LogP contribution in [0.3, 0.4) is 0 Å². The molecule has 2 amide bonds. The van der Waals surface area contributed by atoms with Crippen LogP contribution in [0.1, 0.15) is 24.8 Å². The second-order valence-corrected chi connectivity index (χ2v) is 9.57. The number of amides is 2. The molecule has 11 nitrogen and oxygen atoms in total. The number of benzene rings is 1. The van der Waals surface area contributed by atoms with Crippen molar-refractivity contribution in [3.63, 3.8) is 0 Å². The molecule has 3 aromatic rings. The normalized spacial score (nSPS) is 19.2. The summed E-state index contributed by atoms with van der Waals surface area (Å²) >= 11 is 0. The van der Waals surface area contributed by atoms with Crippen LogP contribution in [0.15, 0.2) is 36.0 Å². The minimum Gasteiger partial charge on any atom is -0.492 e. The second kappa shape index (κ2) is 10.4. The Morgan fingerprint density at radius 2 is 2.05 bits per heavy atom. The largest absolute Gasteiger partial charge is 0.492 e. The Balaban J connectivity index is 1.21. The van der Waals surface area contributed by atoms with Crippen LogP contribution in [0, 0.1) is 5.82 Å². The summed E-state index contributed by atoms with van der Waals surface area (Å²) in [5.74, 6) is 0.328. The topological polar surface area (TPSA) is 122 Å². The van der Waals surface area contributed by atoms with Crippen molar-refractivity contribution in [2.75, 3.05) is 50.1 Å². The van der Waals surface area contributed by atoms with E-state index >= 15 is 4.39 Å². The molecule has 0 unspecified atom stereocenters. The summed E-state index contributed by atoms with van der Waals surface area (Å²) in [6.07, 6.45) is 5.32. The molecule has 1 aromatic carbocycles. The predicted octanol–water partition coefficient (Wildman–Crippen LogP) is 2.33. The number of aromatic nitrogens is 3. The number of fused-ring (bicyclic) bond motifs is 1. The zero-order chi connectivity index (χ0) is 26.1. The van der Waals surface area contributed by atoms with Crippen LogP contribution in [0.5, 0.6) is 5.75 Å². The molecule has 3 N–H and O–H groups in total. The SMILES string of the molecule is O=C1C/C(=C\c2cnn3c(NC4CC4)cc(Nc4ccc(OCCN5CCOCC5)cc4F)nc23)C(=O)N1. The van der Waals surface area contributed by atoms with Gasteiger partial charge in [0.15, 0.2) is 5.65 Å². The Morgan fingerprint density at radius 1 is 1.21 bits per heavy atom. The quantitative estimate of drug-likeness (QED) is 0.288. The van der Waals surface area contributed by atoms with Crippen molar-refractivity contribution in [1.82, 2.24) is 24.8 Å². The Kier molecular flexibility index (Phi) is 6.64. The lowest BCUT2D eigenvalue weighted by Gasteiger charge is -2.26. The number of hydrogen-bond acceptors (Lipinski definition) is 9. The highest BCUT2D eigenvalue weighted by atomic mass is 19.1. The Bertz CT molecular complexity index is 1410. The van der Waals surface area contributed by atoms with Gasteiger partial charge in [-0.2, -0.15) is 9.61 Å². The van der Waals surface area contributed by atoms with Gasteiger partial charge >= 0.3 is 0 Å². The van der Waals surface area contributed by atoms with Crippen LogP contribution in [0.4, 0.5) is 21.7 Å². The molecule has 0 atom stereocenters. The Hall–Kier alpha value is -4.03. The number of rotatable bonds is 9. The maximum Gasteiger partial charge on any atom is 0.254 e. The first kappa shape index (κ1) is 24.3. The molecule has 12 heteroatoms. The summed E-state index contributed by atoms with van der Waals surface area (Å²) in [6.45, 7) is 4.41. The molecule has 198 valence electrons. The van der Waals surface area contributed by atoms with Gasteiger partial charge in [-0.15, -0.1) is 0 Å². The number of nitrogens with zero attached hydrogens (tertiary/aromatic N) is 4. The average molecular weight is 522 g/mol. The number of hydrogen-bond donors (Lipinski definition) is 3. The fraction of sp³-hybridized carbons (Fsp3) is 0.385. The lowest BCUT2D eigenvalue weighted by atomic mass is 10.1. The zero-order valence-corrected chi connectivity index (χ0v) is 20.7. The van der Waals surface area contributed by atoms with E-state index < -0.39 is 11.7 Å². The molecule has 1 saturated carbocycles. The van der Waals surface area contributed by atoms with Gasteiger partial charge in [-0.05, 0) is 31.1 Å². The number of carbonyl (C=O) groups is 2. The number of morpholine rings is 1. The van der Waals surface area contributed by atoms with Crippen LogP contribution < -0.4 is 20.7 Å². The van der Waals surface area contributed by atoms with Crippen molar-refractivity contribution in [3.8, 4) is 5.75 Å². The smallest absolute Gasteiger partial charge is 0.254 e. The minimum absolute atomic E-state index is 0.00731. The molecule has 1 aliphatic carbocycles. The first-order valence-electron chi connectivity index (χ1n) is 12.7. The summed E-state index contributed by atoms with van der Waals surface area (Å²) in [5.41, 5.74) is 1.65. The number of halogens is 1. The van der Waals surface area contributed by atoms with Gasteiger partial charge < -0.3 is 20.1 Å². The molecule has 0 spiro atoms. The van der Waals surface area contributed by atoms with E-state index in [0.29, 0.717) is 46.8 Å². The molecule has 2 aromatic heterocycles. The first-order chi connectivity index (χ1) is 18.5. The summed E-state index contributed by atoms with van der Waals surface area (Å²) in [6, 6.07) is 6.80. The van der Waals surface area contributed by atoms with Gasteiger partial charge in [-0.25, -0.2) is 9.37 Å². The molecule has 38 heavy (non-hydrogen) atoms. The van der Waals surface area contributed by atoms with E-state index in [0.717, 1.165) is 45.7 Å². The summed E-state index contributed by atoms with van der Waals surface area (Å²) in [4.78, 5) is 30.6. The van der Waals surface area contributed by atoms with Crippen molar-refractivity contribution < 1.29 is 23.5 Å². The van der Waals surface area contributed by atoms with E-state index in [4.69, 9.17) is 9.47 Å². The van der Waals surface area contributed by atoms with Crippen LogP contribution >= 0.6 is 0 Å². The lowest BCUT2D eigenvalue weighted by Crippen LogP contribution is -2.38. The minimum atomic E-state index is -0.468. The highest BCUT2D eigenvalue weighted by Gasteiger charge is 2.26. The van der Waals surface area contributed by atoms with E-state index in [2.05, 4.69) is 30.9 Å². The zero-order valence-electron chi connectivity index (χ0n) is 20.7. The third kappa shape index (κ3) is 5.46. The van der Waals surface area contributed by atoms with Crippen LogP contribution in [0.2, 0.25) is 0 Å². The molecule has 2 aliphatic heterocycles. The molecule has 4 heterocycles. The van der Waals surface area contributed by atoms with Crippen molar-refractivity contribution in [2.45, 2.75) is 25.3 Å². The highest BCUT2D eigenvalue weighted by molar-refractivity contribution is 6.15. The van der Waals surface area contributed by atoms with Gasteiger partial charge in [0.1, 0.15) is 29.8 Å². The number of ether oxygens (including phenoxy) is 2. The lowest BCUT2D eigenvalue weighted by molar-refractivity contribution is -0.124. The van der Waals surface area contributed by atoms with Crippen LogP contribution in [-0.2, 0) is 14.3 Å². The summed E-state index contributed by atoms with van der Waals surface area (Å²) in [5, 5.41) is 13.2. The van der Waals surface area contributed by atoms with E-state index in [1.807, 2.05) is 0 Å². The number of carbonyl (C=O) groups excluding carboxylic acids is 2. The van der Waals surface area contributed by atoms with Crippen LogP contribution in [-0.4, -0.2) is 76.8 Å². The average Bonchev–Trinajstić information content (AvgIpc) is 3.54. The number of anilines is 3. The van der Waals surface area contributed by atoms with Crippen molar-refractivity contribution in [3.05, 3.63) is 47.4 Å². The second-order valence-electron chi connectivity index (χ2n) is 9.57. The number of imide groups is 1. The van der Waals surface area contributed by atoms with E-state index in [9.17, 15) is 9.59 Å². The Morgan fingerprint density at radius 3 is 2.79 bits per heavy atom. The standard InChI is InChI=1S/C26H28FN7O4/c27-20-13-19(38-10-7-33-5-8-37-9-6-33)3-4-21(20)30-22-14-23(29-18-1-2-18)34-25(31-22)17(15-28-34)11-16-12-24(35)32-26(16)36/h3-4,11,13-15,18,29H,1-2,5-10,12H2,(H,30,31)(H,32,35,36)/b16-11+. The van der Waals surface area contributed by atoms with E-state index in [-0.39, 0.29) is 18.0 Å². The third-order valence-corrected chi connectivity index (χ3v) is 6.64. The third-order valence-electron chi connectivity index (χ3n) is 6.64. The molecule has 0 bridgehead atoms. The maximum absolute atomic E-state index is 15.0. The van der Waals surface area contributed by atoms with E-state index in [1.54, 1.807) is 35.0 Å². The summed E-state index contributed by atoms with van der Waals surface area (Å²) < 4.78 is 27.8. The predicted molar refractivity (Wildman–Crippen MR) is 138 cm³/mol. The Labute approximate surface area is 218 Å². The van der Waals surface area contributed by atoms with Crippen molar-refractivity contribution in [2.24, 2.45) is 0 Å². The fourth-order valence-electron chi connectivity index (χ4n) is 4.44.